The average Bonchev–Trinajstić information content (AvgIpc) is 3.06. The fraction of sp³-hybridized carbons (Fsp3) is 0.154. The molecule has 4 rings (SSSR count). The Hall–Kier alpha value is -4.00. The third-order valence-corrected chi connectivity index (χ3v) is 5.50. The second-order valence-corrected chi connectivity index (χ2v) is 7.58. The van der Waals surface area contributed by atoms with Gasteiger partial charge in [-0.05, 0) is 67.9 Å². The number of aliphatic hydroxyl groups excluding tert-OH is 1. The summed E-state index contributed by atoms with van der Waals surface area (Å²) in [5, 5.41) is 11.1. The number of aryl methyl sites for hydroxylation is 1. The van der Waals surface area contributed by atoms with Gasteiger partial charge in [-0.1, -0.05) is 18.2 Å². The molecule has 0 spiro atoms. The molecule has 168 valence electrons. The van der Waals surface area contributed by atoms with Crippen LogP contribution in [0, 0.1) is 18.6 Å². The molecule has 0 aromatic heterocycles. The molecule has 33 heavy (non-hydrogen) atoms. The Labute approximate surface area is 189 Å². The molecule has 1 aliphatic heterocycles. The van der Waals surface area contributed by atoms with E-state index in [0.29, 0.717) is 12.4 Å². The zero-order valence-electron chi connectivity index (χ0n) is 18.0. The van der Waals surface area contributed by atoms with Gasteiger partial charge in [-0.3, -0.25) is 14.5 Å². The fourth-order valence-corrected chi connectivity index (χ4v) is 3.96. The molecule has 0 saturated carbocycles. The van der Waals surface area contributed by atoms with Crippen molar-refractivity contribution in [3.8, 4) is 5.75 Å². The molecule has 3 aromatic carbocycles. The molecule has 1 unspecified atom stereocenters. The van der Waals surface area contributed by atoms with E-state index in [9.17, 15) is 23.5 Å². The molecule has 1 amide bonds. The van der Waals surface area contributed by atoms with Crippen molar-refractivity contribution in [1.29, 1.82) is 0 Å². The number of rotatable bonds is 5. The highest BCUT2D eigenvalue weighted by Crippen LogP contribution is 2.43. The van der Waals surface area contributed by atoms with Gasteiger partial charge in [0, 0.05) is 16.8 Å². The van der Waals surface area contributed by atoms with E-state index >= 15 is 0 Å². The molecule has 7 heteroatoms. The molecule has 0 bridgehead atoms. The number of carbonyl (C=O) groups is 2. The van der Waals surface area contributed by atoms with Crippen LogP contribution in [0.4, 0.5) is 14.5 Å². The van der Waals surface area contributed by atoms with E-state index in [-0.39, 0.29) is 22.4 Å². The van der Waals surface area contributed by atoms with Gasteiger partial charge in [-0.2, -0.15) is 0 Å². The summed E-state index contributed by atoms with van der Waals surface area (Å²) >= 11 is 0. The molecule has 1 heterocycles. The third-order valence-electron chi connectivity index (χ3n) is 5.50. The van der Waals surface area contributed by atoms with E-state index in [4.69, 9.17) is 4.74 Å². The molecule has 1 fully saturated rings. The van der Waals surface area contributed by atoms with Gasteiger partial charge in [0.05, 0.1) is 18.2 Å². The number of nitrogens with zero attached hydrogens (tertiary/aromatic N) is 1. The Morgan fingerprint density at radius 1 is 1.03 bits per heavy atom. The van der Waals surface area contributed by atoms with Crippen molar-refractivity contribution in [1.82, 2.24) is 0 Å². The van der Waals surface area contributed by atoms with Crippen LogP contribution < -0.4 is 9.64 Å². The quantitative estimate of drug-likeness (QED) is 0.326. The normalized spacial score (nSPS) is 17.5. The predicted octanol–water partition coefficient (Wildman–Crippen LogP) is 5.30. The number of hydrogen-bond acceptors (Lipinski definition) is 4. The van der Waals surface area contributed by atoms with Gasteiger partial charge < -0.3 is 9.84 Å². The zero-order valence-corrected chi connectivity index (χ0v) is 18.0. The van der Waals surface area contributed by atoms with Crippen LogP contribution in [0.25, 0.3) is 5.76 Å². The van der Waals surface area contributed by atoms with Gasteiger partial charge in [-0.15, -0.1) is 0 Å². The Bertz CT molecular complexity index is 1270. The van der Waals surface area contributed by atoms with Crippen LogP contribution in [0.2, 0.25) is 0 Å². The lowest BCUT2D eigenvalue weighted by Gasteiger charge is -2.25. The highest BCUT2D eigenvalue weighted by molar-refractivity contribution is 6.51. The van der Waals surface area contributed by atoms with Crippen LogP contribution in [0.5, 0.6) is 5.75 Å². The number of anilines is 1. The maximum absolute atomic E-state index is 14.9. The van der Waals surface area contributed by atoms with Gasteiger partial charge in [0.25, 0.3) is 11.7 Å². The number of halogens is 2. The summed E-state index contributed by atoms with van der Waals surface area (Å²) in [5.74, 6) is -2.90. The van der Waals surface area contributed by atoms with Gasteiger partial charge in [0.1, 0.15) is 23.1 Å². The van der Waals surface area contributed by atoms with E-state index < -0.39 is 35.1 Å². The zero-order chi connectivity index (χ0) is 23.7. The molecule has 0 aliphatic carbocycles. The lowest BCUT2D eigenvalue weighted by atomic mass is 9.94. The van der Waals surface area contributed by atoms with E-state index in [0.717, 1.165) is 22.6 Å². The van der Waals surface area contributed by atoms with Gasteiger partial charge in [0.15, 0.2) is 0 Å². The first-order valence-electron chi connectivity index (χ1n) is 10.4. The van der Waals surface area contributed by atoms with Crippen molar-refractivity contribution >= 4 is 23.1 Å². The SMILES string of the molecule is CCOc1ccc(/C(O)=C2\C(=O)C(=O)N(c3ccc(F)cc3)C2c2ccccc2F)cc1C. The molecular formula is C26H21F2NO4. The van der Waals surface area contributed by atoms with E-state index in [2.05, 4.69) is 0 Å². The maximum atomic E-state index is 14.9. The first-order chi connectivity index (χ1) is 15.8. The summed E-state index contributed by atoms with van der Waals surface area (Å²) in [5.41, 5.74) is 0.988. The summed E-state index contributed by atoms with van der Waals surface area (Å²) in [7, 11) is 0. The van der Waals surface area contributed by atoms with Crippen LogP contribution in [0.1, 0.15) is 29.7 Å². The minimum absolute atomic E-state index is 0.0326. The topological polar surface area (TPSA) is 66.8 Å². The molecule has 1 N–H and O–H groups in total. The minimum Gasteiger partial charge on any atom is -0.507 e. The summed E-state index contributed by atoms with van der Waals surface area (Å²) < 4.78 is 33.9. The Kier molecular flexibility index (Phi) is 5.96. The van der Waals surface area contributed by atoms with Crippen molar-refractivity contribution in [3.05, 3.63) is 101 Å². The molecule has 5 nitrogen and oxygen atoms in total. The Morgan fingerprint density at radius 3 is 2.36 bits per heavy atom. The van der Waals surface area contributed by atoms with E-state index in [1.807, 2.05) is 6.92 Å². The highest BCUT2D eigenvalue weighted by Gasteiger charge is 2.47. The van der Waals surface area contributed by atoms with E-state index in [1.165, 1.54) is 30.3 Å². The van der Waals surface area contributed by atoms with Crippen LogP contribution in [-0.4, -0.2) is 23.4 Å². The highest BCUT2D eigenvalue weighted by atomic mass is 19.1. The summed E-state index contributed by atoms with van der Waals surface area (Å²) in [4.78, 5) is 27.2. The average molecular weight is 449 g/mol. The van der Waals surface area contributed by atoms with Crippen LogP contribution in [0.15, 0.2) is 72.3 Å². The number of carbonyl (C=O) groups excluding carboxylic acids is 2. The van der Waals surface area contributed by atoms with Crippen molar-refractivity contribution in [2.45, 2.75) is 19.9 Å². The number of aliphatic hydroxyl groups is 1. The lowest BCUT2D eigenvalue weighted by Crippen LogP contribution is -2.29. The maximum Gasteiger partial charge on any atom is 0.300 e. The molecule has 1 saturated heterocycles. The predicted molar refractivity (Wildman–Crippen MR) is 120 cm³/mol. The standard InChI is InChI=1S/C26H21F2NO4/c1-3-33-21-13-8-16(14-15(21)2)24(30)22-23(19-6-4-5-7-20(19)28)29(26(32)25(22)31)18-11-9-17(27)10-12-18/h4-14,23,30H,3H2,1-2H3/b24-22+. The second-order valence-electron chi connectivity index (χ2n) is 7.58. The number of ether oxygens (including phenoxy) is 1. The van der Waals surface area contributed by atoms with Crippen LogP contribution >= 0.6 is 0 Å². The molecule has 0 radical (unpaired) electrons. The first kappa shape index (κ1) is 22.2. The van der Waals surface area contributed by atoms with Crippen molar-refractivity contribution < 1.29 is 28.2 Å². The monoisotopic (exact) mass is 449 g/mol. The second kappa shape index (κ2) is 8.86. The number of amides is 1. The summed E-state index contributed by atoms with van der Waals surface area (Å²) in [6.07, 6.45) is 0. The number of Topliss-reactive ketones (excluding diaryl/α,β-unsaturated/α-hetero) is 1. The number of ketones is 1. The summed E-state index contributed by atoms with van der Waals surface area (Å²) in [6, 6.07) is 14.3. The van der Waals surface area contributed by atoms with Crippen molar-refractivity contribution in [2.75, 3.05) is 11.5 Å². The Balaban J connectivity index is 1.93. The van der Waals surface area contributed by atoms with Gasteiger partial charge in [-0.25, -0.2) is 8.78 Å². The molecular weight excluding hydrogens is 428 g/mol. The fourth-order valence-electron chi connectivity index (χ4n) is 3.96. The third kappa shape index (κ3) is 3.98. The minimum atomic E-state index is -1.23. The first-order valence-corrected chi connectivity index (χ1v) is 10.4. The molecule has 3 aromatic rings. The summed E-state index contributed by atoms with van der Waals surface area (Å²) in [6.45, 7) is 4.09. The van der Waals surface area contributed by atoms with Crippen molar-refractivity contribution in [3.63, 3.8) is 0 Å². The molecule has 1 atom stereocenters. The van der Waals surface area contributed by atoms with Crippen LogP contribution in [-0.2, 0) is 9.59 Å². The smallest absolute Gasteiger partial charge is 0.300 e. The van der Waals surface area contributed by atoms with Gasteiger partial charge >= 0.3 is 0 Å². The van der Waals surface area contributed by atoms with Gasteiger partial charge in [0.2, 0.25) is 0 Å². The Morgan fingerprint density at radius 2 is 1.73 bits per heavy atom. The van der Waals surface area contributed by atoms with E-state index in [1.54, 1.807) is 31.2 Å². The number of hydrogen-bond donors (Lipinski definition) is 1. The number of benzene rings is 3. The largest absolute Gasteiger partial charge is 0.507 e. The van der Waals surface area contributed by atoms with Crippen LogP contribution in [0.3, 0.4) is 0 Å². The molecule has 1 aliphatic rings. The van der Waals surface area contributed by atoms with Crippen molar-refractivity contribution in [2.24, 2.45) is 0 Å². The lowest BCUT2D eigenvalue weighted by molar-refractivity contribution is -0.132.